The molecule has 0 saturated carbocycles. The van der Waals surface area contributed by atoms with Gasteiger partial charge in [-0.05, 0) is 31.3 Å². The number of aromatic nitrogens is 1. The van der Waals surface area contributed by atoms with Gasteiger partial charge in [0.1, 0.15) is 11.5 Å². The second-order valence-corrected chi connectivity index (χ2v) is 4.14. The highest BCUT2D eigenvalue weighted by molar-refractivity contribution is 8.93. The van der Waals surface area contributed by atoms with Crippen LogP contribution in [-0.2, 0) is 4.79 Å². The Labute approximate surface area is 131 Å². The van der Waals surface area contributed by atoms with E-state index in [4.69, 9.17) is 0 Å². The van der Waals surface area contributed by atoms with Gasteiger partial charge in [0.15, 0.2) is 0 Å². The van der Waals surface area contributed by atoms with Gasteiger partial charge in [0.05, 0.1) is 12.1 Å². The van der Waals surface area contributed by atoms with Gasteiger partial charge in [-0.15, -0.1) is 17.0 Å². The minimum atomic E-state index is -0.591. The number of likely N-dealkylation sites (N-methyl/N-ethyl adjacent to an activating group) is 1. The third-order valence-electron chi connectivity index (χ3n) is 2.68. The molecule has 1 heterocycles. The Kier molecular flexibility index (Phi) is 6.26. The molecule has 21 heavy (non-hydrogen) atoms. The van der Waals surface area contributed by atoms with Crippen molar-refractivity contribution in [1.82, 2.24) is 9.99 Å². The third-order valence-corrected chi connectivity index (χ3v) is 2.68. The van der Waals surface area contributed by atoms with Crippen LogP contribution in [0.25, 0.3) is 0 Å². The summed E-state index contributed by atoms with van der Waals surface area (Å²) in [6, 6.07) is 8.86. The van der Waals surface area contributed by atoms with E-state index < -0.39 is 11.6 Å². The van der Waals surface area contributed by atoms with Gasteiger partial charge in [-0.3, -0.25) is 19.7 Å². The molecule has 0 aliphatic rings. The maximum absolute atomic E-state index is 13.6. The second-order valence-electron chi connectivity index (χ2n) is 4.14. The molecule has 1 amide bonds. The van der Waals surface area contributed by atoms with E-state index in [1.165, 1.54) is 35.1 Å². The molecule has 2 rings (SSSR count). The number of rotatable bonds is 5. The zero-order valence-electron chi connectivity index (χ0n) is 11.3. The lowest BCUT2D eigenvalue weighted by molar-refractivity contribution is -0.116. The van der Waals surface area contributed by atoms with Gasteiger partial charge in [0.2, 0.25) is 5.78 Å². The van der Waals surface area contributed by atoms with Crippen LogP contribution in [0.1, 0.15) is 16.1 Å². The monoisotopic (exact) mass is 355 g/mol. The average Bonchev–Trinajstić information content (AvgIpc) is 2.87. The minimum absolute atomic E-state index is 0. The van der Waals surface area contributed by atoms with Crippen LogP contribution in [0.4, 0.5) is 4.39 Å². The first kappa shape index (κ1) is 17.1. The lowest BCUT2D eigenvalue weighted by Crippen LogP contribution is -2.32. The molecule has 112 valence electrons. The number of hydrogen-bond acceptors (Lipinski definition) is 3. The van der Waals surface area contributed by atoms with Crippen molar-refractivity contribution in [2.75, 3.05) is 19.0 Å². The molecular formula is C14H15BrFN3O2. The van der Waals surface area contributed by atoms with Gasteiger partial charge in [-0.1, -0.05) is 12.1 Å². The Balaban J connectivity index is 0.00000220. The second kappa shape index (κ2) is 7.70. The molecule has 0 unspecified atom stereocenters. The molecule has 0 bridgehead atoms. The van der Waals surface area contributed by atoms with Crippen LogP contribution >= 0.6 is 17.0 Å². The molecule has 7 heteroatoms. The summed E-state index contributed by atoms with van der Waals surface area (Å²) in [5.74, 6) is -1.38. The maximum Gasteiger partial charge on any atom is 0.252 e. The molecule has 1 aromatic heterocycles. The van der Waals surface area contributed by atoms with E-state index in [-0.39, 0.29) is 40.7 Å². The van der Waals surface area contributed by atoms with Crippen molar-refractivity contribution in [1.29, 1.82) is 0 Å². The van der Waals surface area contributed by atoms with E-state index in [2.05, 4.69) is 10.7 Å². The van der Waals surface area contributed by atoms with Crippen molar-refractivity contribution in [3.63, 3.8) is 0 Å². The summed E-state index contributed by atoms with van der Waals surface area (Å²) in [6.45, 7) is 0.117. The van der Waals surface area contributed by atoms with Crippen molar-refractivity contribution in [2.24, 2.45) is 0 Å². The normalized spacial score (nSPS) is 9.81. The number of carbonyl (C=O) groups is 2. The fraction of sp³-hybridized carbons (Fsp3) is 0.143. The Morgan fingerprint density at radius 3 is 2.57 bits per heavy atom. The highest BCUT2D eigenvalue weighted by atomic mass is 79.9. The van der Waals surface area contributed by atoms with Gasteiger partial charge < -0.3 is 5.32 Å². The van der Waals surface area contributed by atoms with E-state index in [1.807, 2.05) is 0 Å². The van der Waals surface area contributed by atoms with E-state index in [1.54, 1.807) is 19.2 Å². The average molecular weight is 356 g/mol. The van der Waals surface area contributed by atoms with Crippen molar-refractivity contribution < 1.29 is 14.0 Å². The quantitative estimate of drug-likeness (QED) is 0.802. The van der Waals surface area contributed by atoms with Crippen LogP contribution in [-0.4, -0.2) is 30.0 Å². The molecule has 2 N–H and O–H groups in total. The number of hydrogen-bond donors (Lipinski definition) is 2. The molecule has 0 saturated heterocycles. The zero-order valence-corrected chi connectivity index (χ0v) is 13.0. The standard InChI is InChI=1S/C14H14FN3O2.BrH/c1-16-9-13(19)17-18-8-4-7-12(18)14(20)10-5-2-3-6-11(10)15;/h2-8,16H,9H2,1H3,(H,17,19);1H. The molecule has 0 aliphatic carbocycles. The molecule has 0 radical (unpaired) electrons. The van der Waals surface area contributed by atoms with Crippen LogP contribution in [0.2, 0.25) is 0 Å². The molecule has 5 nitrogen and oxygen atoms in total. The van der Waals surface area contributed by atoms with Gasteiger partial charge in [0, 0.05) is 6.20 Å². The first-order chi connectivity index (χ1) is 9.63. The molecule has 1 aromatic carbocycles. The SMILES string of the molecule is Br.CNCC(=O)Nn1cccc1C(=O)c1ccccc1F. The van der Waals surface area contributed by atoms with Crippen LogP contribution in [0, 0.1) is 5.82 Å². The number of nitrogens with zero attached hydrogens (tertiary/aromatic N) is 1. The van der Waals surface area contributed by atoms with Gasteiger partial charge in [-0.2, -0.15) is 0 Å². The Hall–Kier alpha value is -1.99. The van der Waals surface area contributed by atoms with Gasteiger partial charge in [-0.25, -0.2) is 4.39 Å². The number of halogens is 2. The Bertz CT molecular complexity index is 643. The van der Waals surface area contributed by atoms with E-state index in [0.29, 0.717) is 0 Å². The summed E-state index contributed by atoms with van der Waals surface area (Å²) in [7, 11) is 1.64. The smallest absolute Gasteiger partial charge is 0.252 e. The maximum atomic E-state index is 13.6. The van der Waals surface area contributed by atoms with Gasteiger partial charge >= 0.3 is 0 Å². The van der Waals surface area contributed by atoms with Crippen LogP contribution in [0.5, 0.6) is 0 Å². The highest BCUT2D eigenvalue weighted by Gasteiger charge is 2.17. The Morgan fingerprint density at radius 2 is 1.90 bits per heavy atom. The topological polar surface area (TPSA) is 63.1 Å². The van der Waals surface area contributed by atoms with Crippen molar-refractivity contribution in [3.8, 4) is 0 Å². The van der Waals surface area contributed by atoms with Crippen molar-refractivity contribution >= 4 is 28.7 Å². The molecule has 2 aromatic rings. The fourth-order valence-corrected chi connectivity index (χ4v) is 1.78. The minimum Gasteiger partial charge on any atom is -0.311 e. The van der Waals surface area contributed by atoms with Crippen LogP contribution < -0.4 is 10.7 Å². The summed E-state index contributed by atoms with van der Waals surface area (Å²) in [5.41, 5.74) is 2.70. The van der Waals surface area contributed by atoms with E-state index in [9.17, 15) is 14.0 Å². The van der Waals surface area contributed by atoms with Crippen molar-refractivity contribution in [3.05, 3.63) is 59.7 Å². The Morgan fingerprint density at radius 1 is 1.19 bits per heavy atom. The van der Waals surface area contributed by atoms with Crippen LogP contribution in [0.3, 0.4) is 0 Å². The summed E-state index contributed by atoms with van der Waals surface area (Å²) >= 11 is 0. The lowest BCUT2D eigenvalue weighted by atomic mass is 10.1. The van der Waals surface area contributed by atoms with Crippen LogP contribution in [0.15, 0.2) is 42.6 Å². The molecule has 0 atom stereocenters. The first-order valence-electron chi connectivity index (χ1n) is 6.04. The highest BCUT2D eigenvalue weighted by Crippen LogP contribution is 2.13. The molecule has 0 fully saturated rings. The number of carbonyl (C=O) groups excluding carboxylic acids is 2. The fourth-order valence-electron chi connectivity index (χ4n) is 1.78. The summed E-state index contributed by atoms with van der Waals surface area (Å²) < 4.78 is 14.9. The summed E-state index contributed by atoms with van der Waals surface area (Å²) in [4.78, 5) is 23.8. The van der Waals surface area contributed by atoms with Crippen molar-refractivity contribution in [2.45, 2.75) is 0 Å². The summed E-state index contributed by atoms with van der Waals surface area (Å²) in [6.07, 6.45) is 1.53. The summed E-state index contributed by atoms with van der Waals surface area (Å²) in [5, 5.41) is 2.70. The number of benzene rings is 1. The predicted octanol–water partition coefficient (Wildman–Crippen LogP) is 1.73. The van der Waals surface area contributed by atoms with E-state index >= 15 is 0 Å². The number of ketones is 1. The number of amides is 1. The van der Waals surface area contributed by atoms with Gasteiger partial charge in [0.25, 0.3) is 5.91 Å². The largest absolute Gasteiger partial charge is 0.311 e. The third kappa shape index (κ3) is 3.99. The first-order valence-corrected chi connectivity index (χ1v) is 6.04. The molecule has 0 aliphatic heterocycles. The van der Waals surface area contributed by atoms with E-state index in [0.717, 1.165) is 0 Å². The molecule has 0 spiro atoms. The lowest BCUT2D eigenvalue weighted by Gasteiger charge is -2.10. The molecular weight excluding hydrogens is 341 g/mol. The number of nitrogens with one attached hydrogen (secondary N) is 2. The predicted molar refractivity (Wildman–Crippen MR) is 82.9 cm³/mol. The zero-order chi connectivity index (χ0) is 14.5.